The molecule has 0 aliphatic heterocycles. The molecule has 2 nitrogen and oxygen atoms in total. The summed E-state index contributed by atoms with van der Waals surface area (Å²) >= 11 is 15.2. The molecule has 0 amide bonds. The van der Waals surface area contributed by atoms with Gasteiger partial charge in [0.1, 0.15) is 5.75 Å². The predicted molar refractivity (Wildman–Crippen MR) is 73.2 cm³/mol. The van der Waals surface area contributed by atoms with Crippen LogP contribution in [0.2, 0.25) is 10.0 Å². The molecule has 1 heterocycles. The summed E-state index contributed by atoms with van der Waals surface area (Å²) < 4.78 is 6.45. The summed E-state index contributed by atoms with van der Waals surface area (Å²) in [7, 11) is 0. The Hall–Kier alpha value is -0.770. The Kier molecular flexibility index (Phi) is 3.92. The number of rotatable bonds is 2. The van der Waals surface area contributed by atoms with E-state index in [1.807, 2.05) is 13.0 Å². The van der Waals surface area contributed by atoms with Gasteiger partial charge in [0.05, 0.1) is 14.5 Å². The Labute approximate surface area is 118 Å². The summed E-state index contributed by atoms with van der Waals surface area (Å²) in [6, 6.07) is 6.97. The molecule has 0 aliphatic rings. The zero-order chi connectivity index (χ0) is 12.4. The number of nitrogens with zero attached hydrogens (tertiary/aromatic N) is 1. The fourth-order valence-corrected chi connectivity index (χ4v) is 1.84. The first-order valence-electron chi connectivity index (χ1n) is 4.82. The molecule has 0 atom stereocenters. The third-order valence-corrected chi connectivity index (χ3v) is 3.86. The van der Waals surface area contributed by atoms with E-state index in [0.717, 1.165) is 10.0 Å². The normalized spacial score (nSPS) is 10.4. The Morgan fingerprint density at radius 2 is 1.94 bits per heavy atom. The number of aryl methyl sites for hydroxylation is 1. The molecule has 0 unspecified atom stereocenters. The molecule has 0 radical (unpaired) electrons. The fraction of sp³-hybridized carbons (Fsp3) is 0.0833. The quantitative estimate of drug-likeness (QED) is 0.749. The highest BCUT2D eigenvalue weighted by molar-refractivity contribution is 9.10. The second-order valence-electron chi connectivity index (χ2n) is 3.42. The van der Waals surface area contributed by atoms with Gasteiger partial charge < -0.3 is 4.74 Å². The highest BCUT2D eigenvalue weighted by Crippen LogP contribution is 2.32. The van der Waals surface area contributed by atoms with E-state index in [1.54, 1.807) is 24.4 Å². The maximum atomic E-state index is 5.91. The predicted octanol–water partition coefficient (Wildman–Crippen LogP) is 5.25. The summed E-state index contributed by atoms with van der Waals surface area (Å²) in [6.07, 6.45) is 1.69. The SMILES string of the molecule is Cc1ccnc(Oc2ccc(Cl)c(Cl)c2)c1Br. The summed E-state index contributed by atoms with van der Waals surface area (Å²) in [6.45, 7) is 1.97. The van der Waals surface area contributed by atoms with Crippen LogP contribution in [0.15, 0.2) is 34.9 Å². The summed E-state index contributed by atoms with van der Waals surface area (Å²) in [5.41, 5.74) is 1.05. The van der Waals surface area contributed by atoms with Crippen LogP contribution >= 0.6 is 39.1 Å². The van der Waals surface area contributed by atoms with Gasteiger partial charge in [0, 0.05) is 12.3 Å². The third-order valence-electron chi connectivity index (χ3n) is 2.16. The average molecular weight is 333 g/mol. The first-order chi connectivity index (χ1) is 8.08. The molecule has 0 aliphatic carbocycles. The van der Waals surface area contributed by atoms with Gasteiger partial charge in [-0.05, 0) is 46.6 Å². The van der Waals surface area contributed by atoms with Crippen LogP contribution in [-0.4, -0.2) is 4.98 Å². The number of hydrogen-bond donors (Lipinski definition) is 0. The van der Waals surface area contributed by atoms with E-state index >= 15 is 0 Å². The molecule has 0 N–H and O–H groups in total. The first kappa shape index (κ1) is 12.7. The molecule has 2 aromatic rings. The lowest BCUT2D eigenvalue weighted by Crippen LogP contribution is -1.90. The molecule has 0 fully saturated rings. The van der Waals surface area contributed by atoms with Crippen LogP contribution in [-0.2, 0) is 0 Å². The summed E-state index contributed by atoms with van der Waals surface area (Å²) in [4.78, 5) is 4.14. The Morgan fingerprint density at radius 1 is 1.18 bits per heavy atom. The van der Waals surface area contributed by atoms with E-state index in [9.17, 15) is 0 Å². The van der Waals surface area contributed by atoms with Crippen LogP contribution in [0.1, 0.15) is 5.56 Å². The van der Waals surface area contributed by atoms with Crippen LogP contribution in [0.5, 0.6) is 11.6 Å². The smallest absolute Gasteiger partial charge is 0.233 e. The third kappa shape index (κ3) is 2.92. The molecule has 1 aromatic carbocycles. The van der Waals surface area contributed by atoms with Crippen molar-refractivity contribution in [3.8, 4) is 11.6 Å². The van der Waals surface area contributed by atoms with Crippen molar-refractivity contribution in [3.05, 3.63) is 50.5 Å². The Balaban J connectivity index is 2.31. The molecular formula is C12H8BrCl2NO. The van der Waals surface area contributed by atoms with Crippen molar-refractivity contribution < 1.29 is 4.74 Å². The van der Waals surface area contributed by atoms with E-state index in [-0.39, 0.29) is 0 Å². The maximum absolute atomic E-state index is 5.91. The van der Waals surface area contributed by atoms with Gasteiger partial charge in [-0.3, -0.25) is 0 Å². The molecule has 2 rings (SSSR count). The minimum Gasteiger partial charge on any atom is -0.438 e. The van der Waals surface area contributed by atoms with Gasteiger partial charge in [-0.25, -0.2) is 4.98 Å². The molecule has 0 saturated carbocycles. The van der Waals surface area contributed by atoms with Crippen molar-refractivity contribution in [2.45, 2.75) is 6.92 Å². The number of benzene rings is 1. The van der Waals surface area contributed by atoms with E-state index in [2.05, 4.69) is 20.9 Å². The highest BCUT2D eigenvalue weighted by atomic mass is 79.9. The van der Waals surface area contributed by atoms with Crippen molar-refractivity contribution in [2.24, 2.45) is 0 Å². The second-order valence-corrected chi connectivity index (χ2v) is 5.03. The second kappa shape index (κ2) is 5.25. The molecule has 0 spiro atoms. The van der Waals surface area contributed by atoms with Gasteiger partial charge in [-0.15, -0.1) is 0 Å². The van der Waals surface area contributed by atoms with Gasteiger partial charge >= 0.3 is 0 Å². The summed E-state index contributed by atoms with van der Waals surface area (Å²) in [5, 5.41) is 0.947. The molecule has 88 valence electrons. The number of ether oxygens (including phenoxy) is 1. The molecular weight excluding hydrogens is 325 g/mol. The van der Waals surface area contributed by atoms with Crippen molar-refractivity contribution in [1.29, 1.82) is 0 Å². The minimum atomic E-state index is 0.452. The number of halogens is 3. The number of hydrogen-bond acceptors (Lipinski definition) is 2. The Bertz CT molecular complexity index is 560. The van der Waals surface area contributed by atoms with Gasteiger partial charge in [0.25, 0.3) is 0 Å². The average Bonchev–Trinajstić information content (AvgIpc) is 2.30. The zero-order valence-electron chi connectivity index (χ0n) is 8.88. The van der Waals surface area contributed by atoms with Crippen LogP contribution in [0.25, 0.3) is 0 Å². The van der Waals surface area contributed by atoms with Crippen molar-refractivity contribution in [2.75, 3.05) is 0 Å². The summed E-state index contributed by atoms with van der Waals surface area (Å²) in [5.74, 6) is 1.10. The lowest BCUT2D eigenvalue weighted by molar-refractivity contribution is 0.459. The van der Waals surface area contributed by atoms with Crippen molar-refractivity contribution >= 4 is 39.1 Å². The van der Waals surface area contributed by atoms with Crippen molar-refractivity contribution in [3.63, 3.8) is 0 Å². The maximum Gasteiger partial charge on any atom is 0.233 e. The highest BCUT2D eigenvalue weighted by Gasteiger charge is 2.07. The van der Waals surface area contributed by atoms with Gasteiger partial charge in [-0.2, -0.15) is 0 Å². The molecule has 0 saturated heterocycles. The van der Waals surface area contributed by atoms with E-state index in [1.165, 1.54) is 0 Å². The van der Waals surface area contributed by atoms with E-state index in [4.69, 9.17) is 27.9 Å². The minimum absolute atomic E-state index is 0.452. The van der Waals surface area contributed by atoms with Crippen LogP contribution in [0, 0.1) is 6.92 Å². The standard InChI is InChI=1S/C12H8BrCl2NO/c1-7-4-5-16-12(11(7)13)17-8-2-3-9(14)10(15)6-8/h2-6H,1H3. The lowest BCUT2D eigenvalue weighted by atomic mass is 10.3. The molecule has 5 heteroatoms. The monoisotopic (exact) mass is 331 g/mol. The number of pyridine rings is 1. The van der Waals surface area contributed by atoms with Crippen LogP contribution < -0.4 is 4.74 Å². The lowest BCUT2D eigenvalue weighted by Gasteiger charge is -2.08. The topological polar surface area (TPSA) is 22.1 Å². The Morgan fingerprint density at radius 3 is 2.65 bits per heavy atom. The van der Waals surface area contributed by atoms with Gasteiger partial charge in [0.15, 0.2) is 0 Å². The molecule has 0 bridgehead atoms. The fourth-order valence-electron chi connectivity index (χ4n) is 1.24. The van der Waals surface area contributed by atoms with Crippen LogP contribution in [0.4, 0.5) is 0 Å². The van der Waals surface area contributed by atoms with Gasteiger partial charge in [0.2, 0.25) is 5.88 Å². The number of aromatic nitrogens is 1. The molecule has 1 aromatic heterocycles. The first-order valence-corrected chi connectivity index (χ1v) is 6.37. The van der Waals surface area contributed by atoms with Crippen molar-refractivity contribution in [1.82, 2.24) is 4.98 Å². The zero-order valence-corrected chi connectivity index (χ0v) is 12.0. The van der Waals surface area contributed by atoms with E-state index in [0.29, 0.717) is 21.7 Å². The van der Waals surface area contributed by atoms with Crippen LogP contribution in [0.3, 0.4) is 0 Å². The van der Waals surface area contributed by atoms with Gasteiger partial charge in [-0.1, -0.05) is 23.2 Å². The van der Waals surface area contributed by atoms with E-state index < -0.39 is 0 Å². The largest absolute Gasteiger partial charge is 0.438 e. The molecule has 17 heavy (non-hydrogen) atoms.